The van der Waals surface area contributed by atoms with E-state index in [4.69, 9.17) is 16.3 Å². The van der Waals surface area contributed by atoms with Gasteiger partial charge in [-0.1, -0.05) is 32.4 Å². The van der Waals surface area contributed by atoms with Crippen molar-refractivity contribution in [3.63, 3.8) is 0 Å². The molecule has 1 unspecified atom stereocenters. The van der Waals surface area contributed by atoms with Crippen molar-refractivity contribution >= 4 is 23.4 Å². The van der Waals surface area contributed by atoms with Crippen molar-refractivity contribution in [2.75, 3.05) is 12.4 Å². The number of esters is 1. The van der Waals surface area contributed by atoms with Crippen molar-refractivity contribution in [3.8, 4) is 0 Å². The van der Waals surface area contributed by atoms with E-state index in [0.29, 0.717) is 29.7 Å². The van der Waals surface area contributed by atoms with Gasteiger partial charge in [-0.25, -0.2) is 14.8 Å². The topological polar surface area (TPSA) is 64.1 Å². The summed E-state index contributed by atoms with van der Waals surface area (Å²) in [5, 5.41) is 3.52. The Morgan fingerprint density at radius 1 is 1.47 bits per heavy atom. The summed E-state index contributed by atoms with van der Waals surface area (Å²) in [6, 6.07) is -0.429. The third-order valence-corrected chi connectivity index (χ3v) is 3.08. The van der Waals surface area contributed by atoms with Gasteiger partial charge in [-0.2, -0.15) is 0 Å². The quantitative estimate of drug-likeness (QED) is 0.643. The molecule has 106 valence electrons. The van der Waals surface area contributed by atoms with Crippen molar-refractivity contribution in [1.29, 1.82) is 0 Å². The summed E-state index contributed by atoms with van der Waals surface area (Å²) in [6.45, 7) is 6.06. The summed E-state index contributed by atoms with van der Waals surface area (Å²) < 4.78 is 4.81. The Labute approximate surface area is 118 Å². The largest absolute Gasteiger partial charge is 0.467 e. The van der Waals surface area contributed by atoms with Crippen molar-refractivity contribution in [3.05, 3.63) is 17.0 Å². The third kappa shape index (κ3) is 4.35. The number of aromatic nitrogens is 2. The Morgan fingerprint density at radius 2 is 2.16 bits per heavy atom. The lowest BCUT2D eigenvalue weighted by atomic mass is 10.0. The molecule has 1 N–H and O–H groups in total. The van der Waals surface area contributed by atoms with E-state index in [9.17, 15) is 4.79 Å². The fourth-order valence-corrected chi connectivity index (χ4v) is 2.09. The standard InChI is InChI=1S/C13H20ClN3O2/c1-5-9-11(14)15-7-16-12(9)17-10(6-8(2)3)13(18)19-4/h7-8,10H,5-6H2,1-4H3,(H,15,16,17). The number of rotatable bonds is 6. The van der Waals surface area contributed by atoms with Crippen LogP contribution in [0.3, 0.4) is 0 Å². The molecule has 0 aliphatic rings. The highest BCUT2D eigenvalue weighted by atomic mass is 35.5. The van der Waals surface area contributed by atoms with Crippen molar-refractivity contribution in [2.45, 2.75) is 39.7 Å². The van der Waals surface area contributed by atoms with Gasteiger partial charge in [-0.15, -0.1) is 0 Å². The highest BCUT2D eigenvalue weighted by molar-refractivity contribution is 6.30. The van der Waals surface area contributed by atoms with E-state index in [0.717, 1.165) is 5.56 Å². The zero-order chi connectivity index (χ0) is 14.4. The molecule has 1 atom stereocenters. The Balaban J connectivity index is 2.96. The van der Waals surface area contributed by atoms with Crippen LogP contribution >= 0.6 is 11.6 Å². The first-order valence-electron chi connectivity index (χ1n) is 6.33. The first kappa shape index (κ1) is 15.7. The first-order valence-corrected chi connectivity index (χ1v) is 6.71. The maximum atomic E-state index is 11.8. The molecule has 0 saturated carbocycles. The van der Waals surface area contributed by atoms with Crippen molar-refractivity contribution < 1.29 is 9.53 Å². The zero-order valence-electron chi connectivity index (χ0n) is 11.7. The van der Waals surface area contributed by atoms with E-state index in [2.05, 4.69) is 15.3 Å². The molecule has 6 heteroatoms. The SMILES string of the molecule is CCc1c(Cl)ncnc1NC(CC(C)C)C(=O)OC. The second kappa shape index (κ2) is 7.28. The number of carbonyl (C=O) groups excluding carboxylic acids is 1. The average Bonchev–Trinajstić information content (AvgIpc) is 2.36. The molecule has 1 rings (SSSR count). The maximum absolute atomic E-state index is 11.8. The van der Waals surface area contributed by atoms with Crippen LogP contribution in [0, 0.1) is 5.92 Å². The van der Waals surface area contributed by atoms with Crippen molar-refractivity contribution in [1.82, 2.24) is 9.97 Å². The second-order valence-corrected chi connectivity index (χ2v) is 5.05. The molecule has 5 nitrogen and oxygen atoms in total. The van der Waals surface area contributed by atoms with Crippen LogP contribution in [0.2, 0.25) is 5.15 Å². The lowest BCUT2D eigenvalue weighted by Crippen LogP contribution is -2.33. The number of carbonyl (C=O) groups is 1. The Kier molecular flexibility index (Phi) is 6.02. The van der Waals surface area contributed by atoms with Gasteiger partial charge < -0.3 is 10.1 Å². The number of hydrogen-bond donors (Lipinski definition) is 1. The molecule has 0 aromatic carbocycles. The molecule has 0 amide bonds. The molecule has 0 fully saturated rings. The van der Waals surface area contributed by atoms with E-state index in [1.54, 1.807) is 0 Å². The van der Waals surface area contributed by atoms with Crippen LogP contribution in [-0.2, 0) is 16.0 Å². The monoisotopic (exact) mass is 285 g/mol. The summed E-state index contributed by atoms with van der Waals surface area (Å²) in [5.74, 6) is 0.656. The molecule has 0 aliphatic carbocycles. The van der Waals surface area contributed by atoms with Gasteiger partial charge in [-0.3, -0.25) is 0 Å². The van der Waals surface area contributed by atoms with Crippen LogP contribution in [0.1, 0.15) is 32.8 Å². The van der Waals surface area contributed by atoms with Gasteiger partial charge >= 0.3 is 5.97 Å². The zero-order valence-corrected chi connectivity index (χ0v) is 12.5. The molecule has 0 radical (unpaired) electrons. The summed E-state index contributed by atoms with van der Waals surface area (Å²) >= 11 is 6.02. The maximum Gasteiger partial charge on any atom is 0.328 e. The third-order valence-electron chi connectivity index (χ3n) is 2.75. The van der Waals surface area contributed by atoms with Gasteiger partial charge in [0.1, 0.15) is 23.3 Å². The van der Waals surface area contributed by atoms with Crippen LogP contribution in [0.25, 0.3) is 0 Å². The minimum absolute atomic E-state index is 0.300. The van der Waals surface area contributed by atoms with E-state index >= 15 is 0 Å². The average molecular weight is 286 g/mol. The normalized spacial score (nSPS) is 12.3. The van der Waals surface area contributed by atoms with Gasteiger partial charge in [0.2, 0.25) is 0 Å². The fourth-order valence-electron chi connectivity index (χ4n) is 1.82. The summed E-state index contributed by atoms with van der Waals surface area (Å²) in [5.41, 5.74) is 0.807. The smallest absolute Gasteiger partial charge is 0.328 e. The van der Waals surface area contributed by atoms with Crippen LogP contribution < -0.4 is 5.32 Å². The van der Waals surface area contributed by atoms with Crippen LogP contribution in [0.5, 0.6) is 0 Å². The van der Waals surface area contributed by atoms with Crippen LogP contribution in [-0.4, -0.2) is 29.1 Å². The predicted molar refractivity (Wildman–Crippen MR) is 75.3 cm³/mol. The Morgan fingerprint density at radius 3 is 2.68 bits per heavy atom. The molecular weight excluding hydrogens is 266 g/mol. The minimum atomic E-state index is -0.429. The number of anilines is 1. The van der Waals surface area contributed by atoms with E-state index in [1.165, 1.54) is 13.4 Å². The summed E-state index contributed by atoms with van der Waals surface area (Å²) in [6.07, 6.45) is 2.74. The first-order chi connectivity index (χ1) is 8.99. The molecule has 19 heavy (non-hydrogen) atoms. The number of methoxy groups -OCH3 is 1. The van der Waals surface area contributed by atoms with Gasteiger partial charge in [0.05, 0.1) is 7.11 Å². The van der Waals surface area contributed by atoms with E-state index < -0.39 is 6.04 Å². The Hall–Kier alpha value is -1.36. The number of ether oxygens (including phenoxy) is 1. The number of nitrogens with one attached hydrogen (secondary N) is 1. The summed E-state index contributed by atoms with van der Waals surface area (Å²) in [4.78, 5) is 19.9. The minimum Gasteiger partial charge on any atom is -0.467 e. The summed E-state index contributed by atoms with van der Waals surface area (Å²) in [7, 11) is 1.38. The highest BCUT2D eigenvalue weighted by Gasteiger charge is 2.22. The van der Waals surface area contributed by atoms with Gasteiger partial charge in [0.15, 0.2) is 0 Å². The lowest BCUT2D eigenvalue weighted by molar-refractivity contribution is -0.141. The molecule has 1 aromatic rings. The Bertz CT molecular complexity index is 438. The molecular formula is C13H20ClN3O2. The van der Waals surface area contributed by atoms with Crippen LogP contribution in [0.15, 0.2) is 6.33 Å². The van der Waals surface area contributed by atoms with Gasteiger partial charge in [-0.05, 0) is 18.8 Å². The van der Waals surface area contributed by atoms with E-state index in [-0.39, 0.29) is 5.97 Å². The number of nitrogens with zero attached hydrogens (tertiary/aromatic N) is 2. The predicted octanol–water partition coefficient (Wildman–Crippen LogP) is 2.69. The number of hydrogen-bond acceptors (Lipinski definition) is 5. The van der Waals surface area contributed by atoms with E-state index in [1.807, 2.05) is 20.8 Å². The molecule has 0 spiro atoms. The molecule has 1 aromatic heterocycles. The molecule has 0 saturated heterocycles. The molecule has 1 heterocycles. The van der Waals surface area contributed by atoms with Crippen LogP contribution in [0.4, 0.5) is 5.82 Å². The fraction of sp³-hybridized carbons (Fsp3) is 0.615. The number of halogens is 1. The second-order valence-electron chi connectivity index (χ2n) is 4.69. The highest BCUT2D eigenvalue weighted by Crippen LogP contribution is 2.22. The lowest BCUT2D eigenvalue weighted by Gasteiger charge is -2.20. The van der Waals surface area contributed by atoms with Gasteiger partial charge in [0, 0.05) is 5.56 Å². The molecule has 0 bridgehead atoms. The molecule has 0 aliphatic heterocycles. The van der Waals surface area contributed by atoms with Gasteiger partial charge in [0.25, 0.3) is 0 Å². The van der Waals surface area contributed by atoms with Crippen molar-refractivity contribution in [2.24, 2.45) is 5.92 Å².